The van der Waals surface area contributed by atoms with Crippen LogP contribution < -0.4 is 19.6 Å². The van der Waals surface area contributed by atoms with Crippen molar-refractivity contribution in [3.8, 4) is 17.2 Å². The number of hydrogen-bond acceptors (Lipinski definition) is 6. The predicted molar refractivity (Wildman–Crippen MR) is 139 cm³/mol. The number of pyridine rings is 1. The highest BCUT2D eigenvalue weighted by Crippen LogP contribution is 2.37. The third-order valence-electron chi connectivity index (χ3n) is 4.92. The topological polar surface area (TPSA) is 82.0 Å². The molecule has 0 fully saturated rings. The summed E-state index contributed by atoms with van der Waals surface area (Å²) < 4.78 is 18.1. The number of rotatable bonds is 10. The second kappa shape index (κ2) is 12.0. The fraction of sp³-hybridized carbons (Fsp3) is 0.148. The van der Waals surface area contributed by atoms with Crippen LogP contribution in [0.5, 0.6) is 17.2 Å². The summed E-state index contributed by atoms with van der Waals surface area (Å²) in [5.41, 5.74) is 4.96. The molecule has 0 saturated carbocycles. The molecule has 0 aliphatic carbocycles. The average molecular weight is 534 g/mol. The van der Waals surface area contributed by atoms with Crippen LogP contribution in [0.1, 0.15) is 18.1 Å². The summed E-state index contributed by atoms with van der Waals surface area (Å²) in [7, 11) is 0. The Bertz CT molecular complexity index is 1320. The van der Waals surface area contributed by atoms with Gasteiger partial charge in [0, 0.05) is 11.6 Å². The summed E-state index contributed by atoms with van der Waals surface area (Å²) >= 11 is 3.55. The van der Waals surface area contributed by atoms with E-state index >= 15 is 0 Å². The Morgan fingerprint density at radius 3 is 2.66 bits per heavy atom. The first-order valence-corrected chi connectivity index (χ1v) is 11.8. The molecule has 0 unspecified atom stereocenters. The molecule has 1 N–H and O–H groups in total. The zero-order valence-corrected chi connectivity index (χ0v) is 20.7. The Morgan fingerprint density at radius 2 is 1.83 bits per heavy atom. The van der Waals surface area contributed by atoms with Crippen LogP contribution >= 0.6 is 15.9 Å². The van der Waals surface area contributed by atoms with E-state index in [1.165, 1.54) is 6.21 Å². The van der Waals surface area contributed by atoms with Gasteiger partial charge in [-0.15, -0.1) is 0 Å². The molecule has 0 aliphatic rings. The van der Waals surface area contributed by atoms with Gasteiger partial charge in [0.05, 0.1) is 17.3 Å². The zero-order chi connectivity index (χ0) is 24.5. The largest absolute Gasteiger partial charge is 0.490 e. The molecule has 3 aromatic carbocycles. The highest BCUT2D eigenvalue weighted by molar-refractivity contribution is 9.10. The van der Waals surface area contributed by atoms with E-state index in [0.29, 0.717) is 36.0 Å². The minimum Gasteiger partial charge on any atom is -0.490 e. The number of fused-ring (bicyclic) bond motifs is 1. The average Bonchev–Trinajstić information content (AvgIpc) is 2.88. The maximum absolute atomic E-state index is 12.2. The van der Waals surface area contributed by atoms with Gasteiger partial charge in [-0.25, -0.2) is 5.43 Å². The maximum Gasteiger partial charge on any atom is 0.277 e. The van der Waals surface area contributed by atoms with Crippen molar-refractivity contribution in [2.24, 2.45) is 5.10 Å². The lowest BCUT2D eigenvalue weighted by Gasteiger charge is -2.14. The van der Waals surface area contributed by atoms with Crippen LogP contribution in [-0.4, -0.2) is 30.3 Å². The van der Waals surface area contributed by atoms with Crippen LogP contribution in [0, 0.1) is 0 Å². The van der Waals surface area contributed by atoms with E-state index in [4.69, 9.17) is 14.2 Å². The number of aromatic nitrogens is 1. The van der Waals surface area contributed by atoms with Crippen LogP contribution in [0.4, 0.5) is 0 Å². The Balaban J connectivity index is 1.37. The van der Waals surface area contributed by atoms with E-state index in [1.54, 1.807) is 12.3 Å². The molecular formula is C27H24BrN3O4. The van der Waals surface area contributed by atoms with E-state index < -0.39 is 0 Å². The van der Waals surface area contributed by atoms with Crippen molar-refractivity contribution in [2.75, 3.05) is 13.2 Å². The Labute approximate surface area is 211 Å². The smallest absolute Gasteiger partial charge is 0.277 e. The number of hydrogen-bond donors (Lipinski definition) is 1. The molecule has 4 aromatic rings. The molecule has 35 heavy (non-hydrogen) atoms. The predicted octanol–water partition coefficient (Wildman–Crippen LogP) is 5.50. The first-order valence-electron chi connectivity index (χ1n) is 11.1. The van der Waals surface area contributed by atoms with Crippen LogP contribution in [0.15, 0.2) is 88.6 Å². The van der Waals surface area contributed by atoms with Crippen molar-refractivity contribution in [3.63, 3.8) is 0 Å². The number of carbonyl (C=O) groups excluding carboxylic acids is 1. The number of para-hydroxylation sites is 1. The van der Waals surface area contributed by atoms with E-state index in [0.717, 1.165) is 21.0 Å². The number of ether oxygens (including phenoxy) is 3. The summed E-state index contributed by atoms with van der Waals surface area (Å²) in [5, 5.41) is 4.98. The van der Waals surface area contributed by atoms with Crippen molar-refractivity contribution in [1.29, 1.82) is 0 Å². The van der Waals surface area contributed by atoms with Gasteiger partial charge in [0.15, 0.2) is 18.1 Å². The first kappa shape index (κ1) is 24.2. The van der Waals surface area contributed by atoms with E-state index in [1.807, 2.05) is 73.7 Å². The number of nitrogens with one attached hydrogen (secondary N) is 1. The molecule has 0 aliphatic heterocycles. The molecule has 178 valence electrons. The SMILES string of the molecule is CCOc1cc(/C=N\NC(=O)COc2cccc3cccnc23)cc(Br)c1OCc1ccccc1. The van der Waals surface area contributed by atoms with Gasteiger partial charge in [0.25, 0.3) is 5.91 Å². The number of hydrazone groups is 1. The minimum absolute atomic E-state index is 0.187. The van der Waals surface area contributed by atoms with Gasteiger partial charge >= 0.3 is 0 Å². The normalized spacial score (nSPS) is 10.9. The number of carbonyl (C=O) groups is 1. The van der Waals surface area contributed by atoms with Crippen molar-refractivity contribution in [1.82, 2.24) is 10.4 Å². The molecule has 1 amide bonds. The highest BCUT2D eigenvalue weighted by atomic mass is 79.9. The fourth-order valence-corrected chi connectivity index (χ4v) is 3.92. The third kappa shape index (κ3) is 6.58. The molecule has 0 bridgehead atoms. The molecule has 1 aromatic heterocycles. The molecule has 1 heterocycles. The second-order valence-electron chi connectivity index (χ2n) is 7.45. The van der Waals surface area contributed by atoms with Crippen molar-refractivity contribution in [2.45, 2.75) is 13.5 Å². The van der Waals surface area contributed by atoms with Gasteiger partial charge in [0.1, 0.15) is 17.9 Å². The number of benzene rings is 3. The van der Waals surface area contributed by atoms with E-state index in [9.17, 15) is 4.79 Å². The lowest BCUT2D eigenvalue weighted by Crippen LogP contribution is -2.24. The third-order valence-corrected chi connectivity index (χ3v) is 5.50. The quantitative estimate of drug-likeness (QED) is 0.215. The van der Waals surface area contributed by atoms with Crippen LogP contribution in [-0.2, 0) is 11.4 Å². The lowest BCUT2D eigenvalue weighted by atomic mass is 10.2. The van der Waals surface area contributed by atoms with Gasteiger partial charge in [-0.2, -0.15) is 5.10 Å². The number of amides is 1. The molecule has 0 radical (unpaired) electrons. The van der Waals surface area contributed by atoms with Gasteiger partial charge in [-0.05, 0) is 58.2 Å². The maximum atomic E-state index is 12.2. The van der Waals surface area contributed by atoms with Crippen molar-refractivity contribution in [3.05, 3.63) is 94.6 Å². The molecule has 8 heteroatoms. The molecule has 4 rings (SSSR count). The molecular weight excluding hydrogens is 510 g/mol. The zero-order valence-electron chi connectivity index (χ0n) is 19.1. The van der Waals surface area contributed by atoms with Gasteiger partial charge in [-0.1, -0.05) is 48.5 Å². The Kier molecular flexibility index (Phi) is 8.30. The standard InChI is InChI=1S/C27H24BrN3O4/c1-2-33-24-15-20(14-22(28)27(24)35-17-19-8-4-3-5-9-19)16-30-31-25(32)18-34-23-12-6-10-21-11-7-13-29-26(21)23/h3-16H,2,17-18H2,1H3,(H,31,32)/b30-16-. The van der Waals surface area contributed by atoms with Crippen LogP contribution in [0.2, 0.25) is 0 Å². The van der Waals surface area contributed by atoms with Crippen molar-refractivity contribution < 1.29 is 19.0 Å². The summed E-state index contributed by atoms with van der Waals surface area (Å²) in [6.45, 7) is 2.61. The van der Waals surface area contributed by atoms with Gasteiger partial charge in [-0.3, -0.25) is 9.78 Å². The van der Waals surface area contributed by atoms with Crippen molar-refractivity contribution >= 4 is 39.0 Å². The summed E-state index contributed by atoms with van der Waals surface area (Å²) in [5.74, 6) is 1.34. The molecule has 0 spiro atoms. The Morgan fingerprint density at radius 1 is 1.00 bits per heavy atom. The van der Waals surface area contributed by atoms with Crippen LogP contribution in [0.3, 0.4) is 0 Å². The van der Waals surface area contributed by atoms with E-state index in [2.05, 4.69) is 31.4 Å². The summed E-state index contributed by atoms with van der Waals surface area (Å²) in [6, 6.07) is 22.9. The first-order chi connectivity index (χ1) is 17.1. The number of halogens is 1. The lowest BCUT2D eigenvalue weighted by molar-refractivity contribution is -0.123. The van der Waals surface area contributed by atoms with E-state index in [-0.39, 0.29) is 12.5 Å². The second-order valence-corrected chi connectivity index (χ2v) is 8.30. The summed E-state index contributed by atoms with van der Waals surface area (Å²) in [4.78, 5) is 16.5. The minimum atomic E-state index is -0.388. The van der Waals surface area contributed by atoms with Gasteiger partial charge in [0.2, 0.25) is 0 Å². The molecule has 0 atom stereocenters. The highest BCUT2D eigenvalue weighted by Gasteiger charge is 2.12. The van der Waals surface area contributed by atoms with Gasteiger partial charge < -0.3 is 14.2 Å². The monoisotopic (exact) mass is 533 g/mol. The number of nitrogens with zero attached hydrogens (tertiary/aromatic N) is 2. The van der Waals surface area contributed by atoms with Crippen LogP contribution in [0.25, 0.3) is 10.9 Å². The summed E-state index contributed by atoms with van der Waals surface area (Å²) in [6.07, 6.45) is 3.22. The Hall–Kier alpha value is -3.91. The molecule has 0 saturated heterocycles. The fourth-order valence-electron chi connectivity index (χ4n) is 3.34. The molecule has 7 nitrogen and oxygen atoms in total.